The van der Waals surface area contributed by atoms with Crippen molar-refractivity contribution in [3.8, 4) is 0 Å². The van der Waals surface area contributed by atoms with Crippen molar-refractivity contribution in [2.45, 2.75) is 18.9 Å². The van der Waals surface area contributed by atoms with Crippen molar-refractivity contribution in [2.75, 3.05) is 13.1 Å². The van der Waals surface area contributed by atoms with Gasteiger partial charge in [0, 0.05) is 58.4 Å². The minimum absolute atomic E-state index is 0. The third-order valence-electron chi connectivity index (χ3n) is 6.81. The zero-order valence-corrected chi connectivity index (χ0v) is 19.1. The summed E-state index contributed by atoms with van der Waals surface area (Å²) in [6, 6.07) is 16.5. The molecule has 7 heteroatoms. The second-order valence-electron chi connectivity index (χ2n) is 8.65. The molecule has 2 aromatic carbocycles. The van der Waals surface area contributed by atoms with E-state index in [-0.39, 0.29) is 24.2 Å². The Labute approximate surface area is 197 Å². The maximum atomic E-state index is 13.1. The van der Waals surface area contributed by atoms with Gasteiger partial charge < -0.3 is 14.5 Å². The quantitative estimate of drug-likeness (QED) is 0.453. The fourth-order valence-electron chi connectivity index (χ4n) is 5.30. The van der Waals surface area contributed by atoms with E-state index < -0.39 is 0 Å². The third-order valence-corrected chi connectivity index (χ3v) is 6.81. The van der Waals surface area contributed by atoms with Crippen LogP contribution >= 0.6 is 12.4 Å². The van der Waals surface area contributed by atoms with Crippen molar-refractivity contribution >= 4 is 57.2 Å². The number of halogens is 1. The summed E-state index contributed by atoms with van der Waals surface area (Å²) in [4.78, 5) is 26.2. The predicted molar refractivity (Wildman–Crippen MR) is 133 cm³/mol. The number of hydrogen-bond acceptors (Lipinski definition) is 3. The third kappa shape index (κ3) is 3.29. The molecule has 0 saturated carbocycles. The highest BCUT2D eigenvalue weighted by molar-refractivity contribution is 6.50. The van der Waals surface area contributed by atoms with Gasteiger partial charge >= 0.3 is 0 Å². The van der Waals surface area contributed by atoms with E-state index in [1.165, 1.54) is 0 Å². The van der Waals surface area contributed by atoms with E-state index in [2.05, 4.69) is 27.5 Å². The Morgan fingerprint density at radius 2 is 1.33 bits per heavy atom. The van der Waals surface area contributed by atoms with E-state index in [4.69, 9.17) is 0 Å². The lowest BCUT2D eigenvalue weighted by atomic mass is 9.95. The molecule has 0 atom stereocenters. The number of benzene rings is 2. The summed E-state index contributed by atoms with van der Waals surface area (Å²) in [5, 5.41) is 7.95. The van der Waals surface area contributed by atoms with Gasteiger partial charge in [0.25, 0.3) is 11.8 Å². The second kappa shape index (κ2) is 8.21. The molecular weight excluding hydrogens is 436 g/mol. The molecule has 33 heavy (non-hydrogen) atoms. The average molecular weight is 461 g/mol. The Morgan fingerprint density at radius 3 is 2.00 bits per heavy atom. The van der Waals surface area contributed by atoms with Gasteiger partial charge in [0.1, 0.15) is 0 Å². The van der Waals surface area contributed by atoms with E-state index in [0.29, 0.717) is 17.2 Å². The summed E-state index contributed by atoms with van der Waals surface area (Å²) < 4.78 is 4.30. The molecule has 1 saturated heterocycles. The Hall–Kier alpha value is -3.35. The summed E-state index contributed by atoms with van der Waals surface area (Å²) in [5.41, 5.74) is 4.67. The fourth-order valence-corrected chi connectivity index (χ4v) is 5.30. The van der Waals surface area contributed by atoms with Crippen LogP contribution in [0.3, 0.4) is 0 Å². The van der Waals surface area contributed by atoms with E-state index in [9.17, 15) is 9.59 Å². The van der Waals surface area contributed by atoms with Crippen LogP contribution in [0.5, 0.6) is 0 Å². The molecule has 0 bridgehead atoms. The molecule has 2 aromatic heterocycles. The highest BCUT2D eigenvalue weighted by Crippen LogP contribution is 2.40. The number of aromatic nitrogens is 2. The first-order valence-corrected chi connectivity index (χ1v) is 11.1. The Kier molecular flexibility index (Phi) is 5.35. The maximum Gasteiger partial charge on any atom is 0.259 e. The lowest BCUT2D eigenvalue weighted by Crippen LogP contribution is -2.29. The molecule has 168 valence electrons. The molecule has 1 fully saturated rings. The van der Waals surface area contributed by atoms with Crippen molar-refractivity contribution in [3.63, 3.8) is 0 Å². The Bertz CT molecular complexity index is 1440. The number of amides is 2. The number of carbonyl (C=O) groups is 2. The number of fused-ring (bicyclic) bond motifs is 2. The number of hydrogen-bond donors (Lipinski definition) is 2. The Balaban J connectivity index is 0.00000228. The van der Waals surface area contributed by atoms with Crippen LogP contribution < -0.4 is 10.6 Å². The van der Waals surface area contributed by atoms with Gasteiger partial charge in [-0.15, -0.1) is 12.4 Å². The van der Waals surface area contributed by atoms with Gasteiger partial charge in [-0.3, -0.25) is 14.9 Å². The van der Waals surface area contributed by atoms with Crippen LogP contribution in [-0.2, 0) is 16.6 Å². The van der Waals surface area contributed by atoms with Gasteiger partial charge in [-0.1, -0.05) is 36.4 Å². The van der Waals surface area contributed by atoms with Crippen LogP contribution in [0, 0.1) is 0 Å². The number of aryl methyl sites for hydroxylation is 1. The molecule has 0 radical (unpaired) electrons. The molecule has 0 spiro atoms. The summed E-state index contributed by atoms with van der Waals surface area (Å²) in [7, 11) is 1.96. The van der Waals surface area contributed by atoms with E-state index in [1.54, 1.807) is 0 Å². The first-order valence-electron chi connectivity index (χ1n) is 11.1. The van der Waals surface area contributed by atoms with Crippen LogP contribution in [0.25, 0.3) is 33.0 Å². The maximum absolute atomic E-state index is 13.1. The summed E-state index contributed by atoms with van der Waals surface area (Å²) in [6.07, 6.45) is 6.11. The number of rotatable bonds is 3. The molecule has 0 aliphatic carbocycles. The van der Waals surface area contributed by atoms with Crippen LogP contribution in [0.1, 0.15) is 30.0 Å². The van der Waals surface area contributed by atoms with Crippen molar-refractivity contribution in [1.82, 2.24) is 19.8 Å². The first-order chi connectivity index (χ1) is 15.6. The van der Waals surface area contributed by atoms with Crippen molar-refractivity contribution in [1.29, 1.82) is 0 Å². The smallest absolute Gasteiger partial charge is 0.259 e. The molecule has 2 amide bonds. The monoisotopic (exact) mass is 460 g/mol. The van der Waals surface area contributed by atoms with Gasteiger partial charge in [0.05, 0.1) is 11.1 Å². The molecule has 4 heterocycles. The van der Waals surface area contributed by atoms with Gasteiger partial charge in [-0.05, 0) is 38.1 Å². The van der Waals surface area contributed by atoms with Gasteiger partial charge in [0.2, 0.25) is 0 Å². The number of nitrogens with zero attached hydrogens (tertiary/aromatic N) is 2. The molecule has 2 aliphatic rings. The van der Waals surface area contributed by atoms with Crippen molar-refractivity contribution < 1.29 is 9.59 Å². The number of carbonyl (C=O) groups excluding carboxylic acids is 2. The number of imide groups is 1. The van der Waals surface area contributed by atoms with Gasteiger partial charge in [-0.25, -0.2) is 0 Å². The molecule has 2 N–H and O–H groups in total. The van der Waals surface area contributed by atoms with Gasteiger partial charge in [-0.2, -0.15) is 0 Å². The van der Waals surface area contributed by atoms with E-state index >= 15 is 0 Å². The lowest BCUT2D eigenvalue weighted by Gasteiger charge is -2.25. The standard InChI is InChI=1S/C26H24N4O2.ClH/c1-29-14-19(17-6-2-4-8-21(17)29)23-24(26(32)28-25(23)31)20-15-30(16-10-12-27-13-11-16)22-9-5-3-7-18(20)22;/h2-9,14-16,27H,10-13H2,1H3,(H,28,31,32);1H. The highest BCUT2D eigenvalue weighted by atomic mass is 35.5. The topological polar surface area (TPSA) is 68.1 Å². The largest absolute Gasteiger partial charge is 0.350 e. The van der Waals surface area contributed by atoms with E-state index in [1.807, 2.05) is 60.3 Å². The zero-order valence-electron chi connectivity index (χ0n) is 18.3. The lowest BCUT2D eigenvalue weighted by molar-refractivity contribution is -0.122. The van der Waals surface area contributed by atoms with Crippen molar-refractivity contribution in [2.24, 2.45) is 7.05 Å². The van der Waals surface area contributed by atoms with Crippen LogP contribution in [-0.4, -0.2) is 34.0 Å². The summed E-state index contributed by atoms with van der Waals surface area (Å²) in [6.45, 7) is 1.96. The molecule has 2 aliphatic heterocycles. The molecule has 0 unspecified atom stereocenters. The van der Waals surface area contributed by atoms with Gasteiger partial charge in [0.15, 0.2) is 0 Å². The second-order valence-corrected chi connectivity index (χ2v) is 8.65. The molecular formula is C26H25ClN4O2. The van der Waals surface area contributed by atoms with Crippen LogP contribution in [0.15, 0.2) is 60.9 Å². The number of nitrogens with one attached hydrogen (secondary N) is 2. The molecule has 6 nitrogen and oxygen atoms in total. The Morgan fingerprint density at radius 1 is 0.788 bits per heavy atom. The first kappa shape index (κ1) is 21.5. The van der Waals surface area contributed by atoms with E-state index in [0.717, 1.165) is 58.9 Å². The minimum Gasteiger partial charge on any atom is -0.350 e. The molecule has 4 aromatic rings. The fraction of sp³-hybridized carbons (Fsp3) is 0.231. The van der Waals surface area contributed by atoms with Crippen LogP contribution in [0.4, 0.5) is 0 Å². The number of para-hydroxylation sites is 2. The summed E-state index contributed by atoms with van der Waals surface area (Å²) >= 11 is 0. The average Bonchev–Trinajstić information content (AvgIpc) is 3.45. The molecule has 6 rings (SSSR count). The zero-order chi connectivity index (χ0) is 21.8. The minimum atomic E-state index is -0.333. The number of piperidine rings is 1. The predicted octanol–water partition coefficient (Wildman–Crippen LogP) is 4.05. The van der Waals surface area contributed by atoms with Crippen LogP contribution in [0.2, 0.25) is 0 Å². The SMILES string of the molecule is Cl.Cn1cc(C2=C(c3cn(C4CCNCC4)c4ccccc34)C(=O)NC2=O)c2ccccc21. The van der Waals surface area contributed by atoms with Crippen molar-refractivity contribution in [3.05, 3.63) is 72.1 Å². The normalized spacial score (nSPS) is 17.1. The summed E-state index contributed by atoms with van der Waals surface area (Å²) in [5.74, 6) is -0.661. The highest BCUT2D eigenvalue weighted by Gasteiger charge is 2.35.